The molecule has 0 spiro atoms. The molecule has 0 aliphatic carbocycles. The first-order valence-electron chi connectivity index (χ1n) is 14.1. The second-order valence-electron chi connectivity index (χ2n) is 10.2. The van der Waals surface area contributed by atoms with Crippen molar-refractivity contribution in [2.24, 2.45) is 0 Å². The van der Waals surface area contributed by atoms with Crippen LogP contribution in [0.3, 0.4) is 0 Å². The summed E-state index contributed by atoms with van der Waals surface area (Å²) < 4.78 is 29.2. The molecule has 3 unspecified atom stereocenters. The van der Waals surface area contributed by atoms with Crippen LogP contribution in [0.25, 0.3) is 0 Å². The average molecular weight is 549 g/mol. The molecule has 5 rings (SSSR count). The third-order valence-electron chi connectivity index (χ3n) is 7.35. The molecule has 3 atom stereocenters. The molecule has 2 N–H and O–H groups in total. The van der Waals surface area contributed by atoms with Gasteiger partial charge in [0, 0.05) is 45.3 Å². The number of anilines is 1. The predicted octanol–water partition coefficient (Wildman–Crippen LogP) is 4.75. The minimum absolute atomic E-state index is 0.150. The number of piperidine rings is 1. The van der Waals surface area contributed by atoms with E-state index < -0.39 is 6.10 Å². The van der Waals surface area contributed by atoms with Gasteiger partial charge in [-0.1, -0.05) is 24.3 Å². The Labute approximate surface area is 236 Å². The summed E-state index contributed by atoms with van der Waals surface area (Å²) in [4.78, 5) is 2.35. The van der Waals surface area contributed by atoms with Gasteiger partial charge < -0.3 is 39.0 Å². The molecule has 0 amide bonds. The fraction of sp³-hybridized carbons (Fsp3) is 0.438. The molecular weight excluding hydrogens is 508 g/mol. The van der Waals surface area contributed by atoms with Crippen molar-refractivity contribution in [2.45, 2.75) is 38.1 Å². The molecule has 2 aliphatic rings. The number of nitrogens with one attached hydrogen (secondary N) is 1. The summed E-state index contributed by atoms with van der Waals surface area (Å²) in [5, 5.41) is 14.3. The van der Waals surface area contributed by atoms with Crippen LogP contribution >= 0.6 is 0 Å². The molecule has 40 heavy (non-hydrogen) atoms. The van der Waals surface area contributed by atoms with Crippen molar-refractivity contribution in [3.63, 3.8) is 0 Å². The smallest absolute Gasteiger partial charge is 0.142 e. The number of β-amino-alcohol motifs (C(OH)–C–C–N with tert-alkyl or cyclic N) is 1. The highest BCUT2D eigenvalue weighted by atomic mass is 16.5. The van der Waals surface area contributed by atoms with Crippen LogP contribution in [0.5, 0.6) is 23.0 Å². The van der Waals surface area contributed by atoms with Crippen LogP contribution in [0, 0.1) is 0 Å². The van der Waals surface area contributed by atoms with Crippen molar-refractivity contribution < 1.29 is 28.8 Å². The molecule has 0 bridgehead atoms. The van der Waals surface area contributed by atoms with E-state index in [1.807, 2.05) is 61.5 Å². The summed E-state index contributed by atoms with van der Waals surface area (Å²) in [7, 11) is 1.73. The Kier molecular flexibility index (Phi) is 9.78. The van der Waals surface area contributed by atoms with Crippen LogP contribution < -0.4 is 24.4 Å². The molecule has 1 fully saturated rings. The molecule has 2 heterocycles. The standard InChI is InChI=1S/C32H40N2O6/c1-3-37-26-6-4-7-27(19-26)40-25-11-9-24(10-12-25)32-29(35)20-33-21-31(32)39-22-23-8-13-30-28(18-23)34(15-17-38-30)14-5-16-36-2/h4,6-13,18-19,29,31-33,35H,3,5,14-17,20-22H2,1-2H3. The van der Waals surface area contributed by atoms with Crippen LogP contribution in [0.2, 0.25) is 0 Å². The number of ether oxygens (including phenoxy) is 5. The van der Waals surface area contributed by atoms with Crippen LogP contribution in [-0.2, 0) is 16.1 Å². The van der Waals surface area contributed by atoms with Crippen LogP contribution in [0.4, 0.5) is 5.69 Å². The van der Waals surface area contributed by atoms with E-state index in [1.54, 1.807) is 7.11 Å². The summed E-state index contributed by atoms with van der Waals surface area (Å²) in [5.41, 5.74) is 3.21. The topological polar surface area (TPSA) is 81.7 Å². The fourth-order valence-corrected chi connectivity index (χ4v) is 5.41. The molecule has 8 nitrogen and oxygen atoms in total. The lowest BCUT2D eigenvalue weighted by atomic mass is 9.85. The van der Waals surface area contributed by atoms with Gasteiger partial charge in [-0.25, -0.2) is 0 Å². The molecule has 0 saturated carbocycles. The van der Waals surface area contributed by atoms with Crippen molar-refractivity contribution in [1.29, 1.82) is 0 Å². The Hall–Kier alpha value is -3.30. The predicted molar refractivity (Wildman–Crippen MR) is 155 cm³/mol. The van der Waals surface area contributed by atoms with Gasteiger partial charge in [0.2, 0.25) is 0 Å². The Morgan fingerprint density at radius 3 is 2.67 bits per heavy atom. The van der Waals surface area contributed by atoms with Crippen LogP contribution in [-0.4, -0.2) is 70.4 Å². The van der Waals surface area contributed by atoms with Crippen LogP contribution in [0.1, 0.15) is 30.4 Å². The van der Waals surface area contributed by atoms with E-state index in [0.29, 0.717) is 32.9 Å². The second-order valence-corrected chi connectivity index (χ2v) is 10.2. The number of aliphatic hydroxyl groups is 1. The van der Waals surface area contributed by atoms with Crippen molar-refractivity contribution in [3.8, 4) is 23.0 Å². The third-order valence-corrected chi connectivity index (χ3v) is 7.35. The zero-order chi connectivity index (χ0) is 27.7. The lowest BCUT2D eigenvalue weighted by Crippen LogP contribution is -2.49. The zero-order valence-electron chi connectivity index (χ0n) is 23.4. The molecule has 0 radical (unpaired) electrons. The van der Waals surface area contributed by atoms with Crippen molar-refractivity contribution in [2.75, 3.05) is 58.0 Å². The van der Waals surface area contributed by atoms with E-state index in [1.165, 1.54) is 0 Å². The molecule has 3 aromatic rings. The highest BCUT2D eigenvalue weighted by Gasteiger charge is 2.34. The minimum Gasteiger partial charge on any atom is -0.494 e. The highest BCUT2D eigenvalue weighted by Crippen LogP contribution is 2.35. The van der Waals surface area contributed by atoms with Gasteiger partial charge in [0.25, 0.3) is 0 Å². The molecule has 2 aliphatic heterocycles. The van der Waals surface area contributed by atoms with Crippen molar-refractivity contribution in [1.82, 2.24) is 5.32 Å². The number of benzene rings is 3. The number of nitrogens with zero attached hydrogens (tertiary/aromatic N) is 1. The van der Waals surface area contributed by atoms with Gasteiger partial charge >= 0.3 is 0 Å². The average Bonchev–Trinajstić information content (AvgIpc) is 2.97. The first-order valence-corrected chi connectivity index (χ1v) is 14.1. The number of hydrogen-bond donors (Lipinski definition) is 2. The van der Waals surface area contributed by atoms with E-state index in [2.05, 4.69) is 22.3 Å². The Balaban J connectivity index is 1.24. The molecule has 0 aromatic heterocycles. The maximum Gasteiger partial charge on any atom is 0.142 e. The maximum absolute atomic E-state index is 11.0. The van der Waals surface area contributed by atoms with Gasteiger partial charge in [0.15, 0.2) is 0 Å². The summed E-state index contributed by atoms with van der Waals surface area (Å²) in [5.74, 6) is 2.98. The summed E-state index contributed by atoms with van der Waals surface area (Å²) in [6, 6.07) is 21.8. The van der Waals surface area contributed by atoms with E-state index in [0.717, 1.165) is 65.9 Å². The third kappa shape index (κ3) is 7.06. The van der Waals surface area contributed by atoms with E-state index in [9.17, 15) is 5.11 Å². The number of aliphatic hydroxyl groups excluding tert-OH is 1. The molecule has 1 saturated heterocycles. The monoisotopic (exact) mass is 548 g/mol. The van der Waals surface area contributed by atoms with Gasteiger partial charge in [-0.3, -0.25) is 0 Å². The van der Waals surface area contributed by atoms with E-state index in [-0.39, 0.29) is 12.0 Å². The molecular formula is C32H40N2O6. The Morgan fingerprint density at radius 2 is 1.85 bits per heavy atom. The van der Waals surface area contributed by atoms with Crippen LogP contribution in [0.15, 0.2) is 66.7 Å². The molecule has 8 heteroatoms. The summed E-state index contributed by atoms with van der Waals surface area (Å²) in [6.45, 7) is 7.42. The SMILES string of the molecule is CCOc1cccc(Oc2ccc(C3C(O)CNCC3OCc3ccc4c(c3)N(CCCOC)CCO4)cc2)c1. The lowest BCUT2D eigenvalue weighted by Gasteiger charge is -2.36. The summed E-state index contributed by atoms with van der Waals surface area (Å²) >= 11 is 0. The summed E-state index contributed by atoms with van der Waals surface area (Å²) in [6.07, 6.45) is 0.234. The number of hydrogen-bond acceptors (Lipinski definition) is 8. The first kappa shape index (κ1) is 28.2. The second kappa shape index (κ2) is 13.9. The normalized spacial score (nSPS) is 20.5. The van der Waals surface area contributed by atoms with Gasteiger partial charge in [0.05, 0.1) is 37.7 Å². The van der Waals surface area contributed by atoms with Gasteiger partial charge in [0.1, 0.15) is 29.6 Å². The Morgan fingerprint density at radius 1 is 1.00 bits per heavy atom. The largest absolute Gasteiger partial charge is 0.494 e. The highest BCUT2D eigenvalue weighted by molar-refractivity contribution is 5.61. The van der Waals surface area contributed by atoms with Gasteiger partial charge in [-0.05, 0) is 60.9 Å². The number of rotatable bonds is 12. The number of methoxy groups -OCH3 is 1. The lowest BCUT2D eigenvalue weighted by molar-refractivity contribution is -0.0328. The minimum atomic E-state index is -0.554. The van der Waals surface area contributed by atoms with Crippen molar-refractivity contribution in [3.05, 3.63) is 77.9 Å². The van der Waals surface area contributed by atoms with Crippen molar-refractivity contribution >= 4 is 5.69 Å². The van der Waals surface area contributed by atoms with Gasteiger partial charge in [-0.15, -0.1) is 0 Å². The Bertz CT molecular complexity index is 1220. The fourth-order valence-electron chi connectivity index (χ4n) is 5.41. The quantitative estimate of drug-likeness (QED) is 0.314. The van der Waals surface area contributed by atoms with E-state index in [4.69, 9.17) is 23.7 Å². The zero-order valence-corrected chi connectivity index (χ0v) is 23.4. The van der Waals surface area contributed by atoms with Gasteiger partial charge in [-0.2, -0.15) is 0 Å². The molecule has 3 aromatic carbocycles. The maximum atomic E-state index is 11.0. The van der Waals surface area contributed by atoms with E-state index >= 15 is 0 Å². The first-order chi connectivity index (χ1) is 19.6. The molecule has 214 valence electrons. The number of fused-ring (bicyclic) bond motifs is 1.